The molecule has 5 nitrogen and oxygen atoms in total. The molecule has 0 amide bonds. The van der Waals surface area contributed by atoms with Crippen molar-refractivity contribution in [3.63, 3.8) is 0 Å². The Morgan fingerprint density at radius 3 is 2.60 bits per heavy atom. The quantitative estimate of drug-likeness (QED) is 0.559. The maximum atomic E-state index is 11.3. The van der Waals surface area contributed by atoms with Crippen LogP contribution in [-0.2, 0) is 9.53 Å². The lowest BCUT2D eigenvalue weighted by molar-refractivity contribution is -0.141. The summed E-state index contributed by atoms with van der Waals surface area (Å²) < 4.78 is 9.55. The van der Waals surface area contributed by atoms with Gasteiger partial charge in [-0.15, -0.1) is 0 Å². The Morgan fingerprint density at radius 1 is 1.40 bits per heavy atom. The Balaban J connectivity index is 3.13. The second-order valence-corrected chi connectivity index (χ2v) is 2.78. The van der Waals surface area contributed by atoms with Gasteiger partial charge in [-0.1, -0.05) is 12.1 Å². The number of diazo groups is 1. The Morgan fingerprint density at radius 2 is 2.07 bits per heavy atom. The summed E-state index contributed by atoms with van der Waals surface area (Å²) in [6.45, 7) is 0. The molecule has 0 N–H and O–H groups in total. The van der Waals surface area contributed by atoms with Crippen molar-refractivity contribution >= 4 is 5.97 Å². The molecule has 0 saturated heterocycles. The van der Waals surface area contributed by atoms with E-state index < -0.39 is 12.0 Å². The number of nitrogens with zero attached hydrogens (tertiary/aromatic N) is 2. The Hall–Kier alpha value is -2.09. The van der Waals surface area contributed by atoms with Crippen LogP contribution in [0.2, 0.25) is 0 Å². The fourth-order valence-electron chi connectivity index (χ4n) is 1.24. The largest absolute Gasteiger partial charge is 0.496 e. The fourth-order valence-corrected chi connectivity index (χ4v) is 1.24. The summed E-state index contributed by atoms with van der Waals surface area (Å²) in [4.78, 5) is 14.3. The van der Waals surface area contributed by atoms with E-state index in [9.17, 15) is 4.79 Å². The van der Waals surface area contributed by atoms with E-state index >= 15 is 0 Å². The number of ether oxygens (including phenoxy) is 2. The minimum Gasteiger partial charge on any atom is -0.496 e. The van der Waals surface area contributed by atoms with Gasteiger partial charge in [0.05, 0.1) is 19.8 Å². The zero-order valence-corrected chi connectivity index (χ0v) is 8.51. The van der Waals surface area contributed by atoms with Crippen LogP contribution in [0.15, 0.2) is 24.3 Å². The molecule has 78 valence electrons. The van der Waals surface area contributed by atoms with Crippen molar-refractivity contribution in [1.82, 2.24) is 0 Å². The summed E-state index contributed by atoms with van der Waals surface area (Å²) in [6.07, 6.45) is 0. The Labute approximate surface area is 87.2 Å². The second-order valence-electron chi connectivity index (χ2n) is 2.78. The van der Waals surface area contributed by atoms with Gasteiger partial charge in [0.25, 0.3) is 0 Å². The number of hydrogen-bond acceptors (Lipinski definition) is 4. The third-order valence-corrected chi connectivity index (χ3v) is 1.97. The van der Waals surface area contributed by atoms with Crippen molar-refractivity contribution < 1.29 is 14.3 Å². The van der Waals surface area contributed by atoms with Crippen molar-refractivity contribution in [2.24, 2.45) is 0 Å². The molecule has 1 rings (SSSR count). The van der Waals surface area contributed by atoms with Crippen LogP contribution in [0.5, 0.6) is 5.75 Å². The first-order valence-corrected chi connectivity index (χ1v) is 4.29. The van der Waals surface area contributed by atoms with Crippen LogP contribution in [0.3, 0.4) is 0 Å². The second kappa shape index (κ2) is 4.96. The maximum absolute atomic E-state index is 11.3. The summed E-state index contributed by atoms with van der Waals surface area (Å²) in [5, 5.41) is 8.77. The molecule has 1 unspecified atom stereocenters. The van der Waals surface area contributed by atoms with E-state index in [-0.39, 0.29) is 0 Å². The molecule has 0 fully saturated rings. The molecule has 0 radical (unpaired) electrons. The summed E-state index contributed by atoms with van der Waals surface area (Å²) in [5.41, 5.74) is 0.467. The van der Waals surface area contributed by atoms with Gasteiger partial charge in [0.2, 0.25) is 5.39 Å². The van der Waals surface area contributed by atoms with E-state index in [1.54, 1.807) is 24.3 Å². The molecule has 0 aliphatic rings. The van der Waals surface area contributed by atoms with Crippen molar-refractivity contribution in [3.05, 3.63) is 34.8 Å². The summed E-state index contributed by atoms with van der Waals surface area (Å²) in [7, 11) is 2.71. The molecule has 0 aliphatic carbocycles. The monoisotopic (exact) mass is 207 g/mol. The number of carbonyl (C=O) groups excluding carboxylic acids is 1. The number of hydrogen-bond donors (Lipinski definition) is 0. The van der Waals surface area contributed by atoms with Gasteiger partial charge in [-0.25, -0.2) is 4.79 Å². The molecule has 0 spiro atoms. The molecule has 1 atom stereocenters. The SMILES string of the molecule is COC(=O)C([N+]#N)c1ccccc1OC. The number of rotatable bonds is 3. The number of para-hydroxylation sites is 1. The molecule has 0 bridgehead atoms. The first-order valence-electron chi connectivity index (χ1n) is 4.29. The average Bonchev–Trinajstić information content (AvgIpc) is 2.30. The van der Waals surface area contributed by atoms with Gasteiger partial charge < -0.3 is 9.47 Å². The van der Waals surface area contributed by atoms with Gasteiger partial charge in [0, 0.05) is 0 Å². The Bertz CT molecular complexity index is 398. The highest BCUT2D eigenvalue weighted by Crippen LogP contribution is 2.28. The molecule has 0 heterocycles. The highest BCUT2D eigenvalue weighted by Gasteiger charge is 2.36. The predicted octanol–water partition coefficient (Wildman–Crippen LogP) is 1.76. The summed E-state index contributed by atoms with van der Waals surface area (Å²) in [5.74, 6) is -0.160. The molecular formula is C10H11N2O3+. The number of esters is 1. The number of benzene rings is 1. The van der Waals surface area contributed by atoms with Crippen LogP contribution < -0.4 is 4.74 Å². The molecule has 0 aliphatic heterocycles. The van der Waals surface area contributed by atoms with Crippen molar-refractivity contribution in [2.75, 3.05) is 14.2 Å². The minimum atomic E-state index is -1.06. The first-order chi connectivity index (χ1) is 7.24. The summed E-state index contributed by atoms with van der Waals surface area (Å²) in [6, 6.07) is 5.73. The van der Waals surface area contributed by atoms with E-state index in [0.29, 0.717) is 11.3 Å². The van der Waals surface area contributed by atoms with E-state index in [1.807, 2.05) is 0 Å². The zero-order chi connectivity index (χ0) is 11.3. The highest BCUT2D eigenvalue weighted by molar-refractivity contribution is 5.80. The minimum absolute atomic E-state index is 0.467. The van der Waals surface area contributed by atoms with E-state index in [0.717, 1.165) is 0 Å². The molecule has 0 aromatic heterocycles. The van der Waals surface area contributed by atoms with E-state index in [1.165, 1.54) is 14.2 Å². The fraction of sp³-hybridized carbons (Fsp3) is 0.300. The van der Waals surface area contributed by atoms with Gasteiger partial charge in [0.15, 0.2) is 0 Å². The van der Waals surface area contributed by atoms with Crippen LogP contribution >= 0.6 is 0 Å². The van der Waals surface area contributed by atoms with Crippen LogP contribution in [-0.4, -0.2) is 20.2 Å². The smallest absolute Gasteiger partial charge is 0.436 e. The van der Waals surface area contributed by atoms with Crippen LogP contribution in [0, 0.1) is 5.39 Å². The van der Waals surface area contributed by atoms with Crippen molar-refractivity contribution in [3.8, 4) is 5.75 Å². The predicted molar refractivity (Wildman–Crippen MR) is 52.8 cm³/mol. The first kappa shape index (κ1) is 11.0. The standard InChI is InChI=1S/C10H11N2O3/c1-14-8-6-4-3-5-7(8)9(12-11)10(13)15-2/h3-6,9H,1-2H3/q+1. The van der Waals surface area contributed by atoms with Crippen LogP contribution in [0.4, 0.5) is 0 Å². The van der Waals surface area contributed by atoms with E-state index in [2.05, 4.69) is 9.71 Å². The molecule has 15 heavy (non-hydrogen) atoms. The normalized spacial score (nSPS) is 11.3. The van der Waals surface area contributed by atoms with Gasteiger partial charge in [-0.2, -0.15) is 0 Å². The average molecular weight is 207 g/mol. The molecule has 1 aromatic carbocycles. The molecule has 5 heteroatoms. The Kier molecular flexibility index (Phi) is 3.63. The van der Waals surface area contributed by atoms with Gasteiger partial charge in [-0.3, -0.25) is 0 Å². The van der Waals surface area contributed by atoms with Crippen molar-refractivity contribution in [1.29, 1.82) is 5.39 Å². The molecular weight excluding hydrogens is 196 g/mol. The van der Waals surface area contributed by atoms with Gasteiger partial charge >= 0.3 is 12.0 Å². The number of carbonyl (C=O) groups is 1. The lowest BCUT2D eigenvalue weighted by Gasteiger charge is -2.04. The lowest BCUT2D eigenvalue weighted by Crippen LogP contribution is -2.11. The van der Waals surface area contributed by atoms with Crippen LogP contribution in [0.1, 0.15) is 11.6 Å². The van der Waals surface area contributed by atoms with Gasteiger partial charge in [0.1, 0.15) is 10.7 Å². The van der Waals surface area contributed by atoms with Crippen molar-refractivity contribution in [2.45, 2.75) is 6.04 Å². The lowest BCUT2D eigenvalue weighted by atomic mass is 10.1. The topological polar surface area (TPSA) is 63.7 Å². The molecule has 0 saturated carbocycles. The third-order valence-electron chi connectivity index (χ3n) is 1.97. The maximum Gasteiger partial charge on any atom is 0.436 e. The van der Waals surface area contributed by atoms with Gasteiger partial charge in [-0.05, 0) is 12.1 Å². The molecule has 1 aromatic rings. The van der Waals surface area contributed by atoms with E-state index in [4.69, 9.17) is 10.1 Å². The zero-order valence-electron chi connectivity index (χ0n) is 8.51. The highest BCUT2D eigenvalue weighted by atomic mass is 16.5. The number of methoxy groups -OCH3 is 2. The summed E-state index contributed by atoms with van der Waals surface area (Å²) >= 11 is 0. The third kappa shape index (κ3) is 2.23. The van der Waals surface area contributed by atoms with Crippen LogP contribution in [0.25, 0.3) is 4.98 Å².